The summed E-state index contributed by atoms with van der Waals surface area (Å²) in [5, 5.41) is 5.44. The fraction of sp³-hybridized carbons (Fsp3) is 0.381. The van der Waals surface area contributed by atoms with Crippen LogP contribution in [0, 0.1) is 11.6 Å². The third-order valence-corrected chi connectivity index (χ3v) is 4.86. The molecule has 166 valence electrons. The highest BCUT2D eigenvalue weighted by Crippen LogP contribution is 2.11. The van der Waals surface area contributed by atoms with E-state index in [9.17, 15) is 18.4 Å². The van der Waals surface area contributed by atoms with Gasteiger partial charge in [0.25, 0.3) is 0 Å². The Morgan fingerprint density at radius 2 is 1.87 bits per heavy atom. The van der Waals surface area contributed by atoms with E-state index in [1.54, 1.807) is 12.1 Å². The first-order chi connectivity index (χ1) is 14.9. The Morgan fingerprint density at radius 1 is 1.13 bits per heavy atom. The maximum Gasteiger partial charge on any atom is 0.243 e. The molecular formula is C21H25F2N5O3. The molecule has 4 N–H and O–H groups in total. The second kappa shape index (κ2) is 10.8. The first-order valence-electron chi connectivity index (χ1n) is 9.92. The molecule has 1 aromatic heterocycles. The van der Waals surface area contributed by atoms with Gasteiger partial charge in [-0.2, -0.15) is 0 Å². The number of morpholine rings is 1. The molecule has 10 heteroatoms. The topological polar surface area (TPSA) is 110 Å². The number of carbonyl (C=O) groups excluding carboxylic acids is 2. The SMILES string of the molecule is Nc1ccc(CNC(=O)C(Cc2ccc(F)c(F)c2)NC(=O)CN2CCOCC2)cn1. The normalized spacial score (nSPS) is 15.3. The standard InChI is InChI=1S/C21H25F2N5O3/c22-16-3-1-14(9-17(16)23)10-18(27-20(29)13-28-5-7-31-8-6-28)21(30)26-12-15-2-4-19(24)25-11-15/h1-4,9,11,18H,5-8,10,12-13H2,(H2,24,25)(H,26,30)(H,27,29). The van der Waals surface area contributed by atoms with Gasteiger partial charge >= 0.3 is 0 Å². The lowest BCUT2D eigenvalue weighted by Crippen LogP contribution is -2.51. The monoisotopic (exact) mass is 433 g/mol. The van der Waals surface area contributed by atoms with E-state index in [1.807, 2.05) is 4.90 Å². The lowest BCUT2D eigenvalue weighted by atomic mass is 10.0. The van der Waals surface area contributed by atoms with Gasteiger partial charge in [-0.3, -0.25) is 14.5 Å². The highest BCUT2D eigenvalue weighted by atomic mass is 19.2. The molecule has 1 saturated heterocycles. The molecule has 1 atom stereocenters. The van der Waals surface area contributed by atoms with Crippen LogP contribution in [-0.2, 0) is 27.3 Å². The number of carbonyl (C=O) groups is 2. The number of aromatic nitrogens is 1. The maximum atomic E-state index is 13.6. The average Bonchev–Trinajstić information content (AvgIpc) is 2.76. The summed E-state index contributed by atoms with van der Waals surface area (Å²) in [6.45, 7) is 2.63. The highest BCUT2D eigenvalue weighted by Gasteiger charge is 2.23. The summed E-state index contributed by atoms with van der Waals surface area (Å²) in [4.78, 5) is 31.2. The van der Waals surface area contributed by atoms with Crippen LogP contribution in [0.4, 0.5) is 14.6 Å². The molecule has 8 nitrogen and oxygen atoms in total. The lowest BCUT2D eigenvalue weighted by Gasteiger charge is -2.27. The third kappa shape index (κ3) is 6.97. The van der Waals surface area contributed by atoms with E-state index in [0.29, 0.717) is 37.7 Å². The minimum Gasteiger partial charge on any atom is -0.384 e. The van der Waals surface area contributed by atoms with Crippen LogP contribution in [0.25, 0.3) is 0 Å². The van der Waals surface area contributed by atoms with E-state index in [4.69, 9.17) is 10.5 Å². The molecule has 2 amide bonds. The van der Waals surface area contributed by atoms with Crippen molar-refractivity contribution in [3.8, 4) is 0 Å². The molecule has 1 aromatic carbocycles. The van der Waals surface area contributed by atoms with Gasteiger partial charge < -0.3 is 21.1 Å². The van der Waals surface area contributed by atoms with Crippen LogP contribution in [0.15, 0.2) is 36.5 Å². The number of hydrogen-bond donors (Lipinski definition) is 3. The van der Waals surface area contributed by atoms with Gasteiger partial charge in [0, 0.05) is 32.3 Å². The van der Waals surface area contributed by atoms with Crippen LogP contribution in [-0.4, -0.2) is 60.6 Å². The van der Waals surface area contributed by atoms with Crippen LogP contribution in [0.3, 0.4) is 0 Å². The first-order valence-corrected chi connectivity index (χ1v) is 9.92. The van der Waals surface area contributed by atoms with Crippen molar-refractivity contribution in [2.24, 2.45) is 0 Å². The van der Waals surface area contributed by atoms with E-state index in [0.717, 1.165) is 17.7 Å². The zero-order valence-corrected chi connectivity index (χ0v) is 16.9. The molecular weight excluding hydrogens is 408 g/mol. The number of amides is 2. The molecule has 1 fully saturated rings. The molecule has 1 aliphatic rings. The molecule has 0 aliphatic carbocycles. The Morgan fingerprint density at radius 3 is 2.55 bits per heavy atom. The number of pyridine rings is 1. The molecule has 1 aliphatic heterocycles. The van der Waals surface area contributed by atoms with Crippen molar-refractivity contribution in [1.29, 1.82) is 0 Å². The number of ether oxygens (including phenoxy) is 1. The van der Waals surface area contributed by atoms with E-state index in [-0.39, 0.29) is 25.4 Å². The molecule has 3 rings (SSSR count). The Bertz CT molecular complexity index is 904. The van der Waals surface area contributed by atoms with E-state index in [1.165, 1.54) is 12.3 Å². The van der Waals surface area contributed by atoms with Crippen molar-refractivity contribution >= 4 is 17.6 Å². The lowest BCUT2D eigenvalue weighted by molar-refractivity contribution is -0.130. The summed E-state index contributed by atoms with van der Waals surface area (Å²) in [7, 11) is 0. The fourth-order valence-corrected chi connectivity index (χ4v) is 3.17. The van der Waals surface area contributed by atoms with Gasteiger partial charge in [0.15, 0.2) is 11.6 Å². The van der Waals surface area contributed by atoms with E-state index in [2.05, 4.69) is 15.6 Å². The van der Waals surface area contributed by atoms with Crippen LogP contribution < -0.4 is 16.4 Å². The van der Waals surface area contributed by atoms with Crippen molar-refractivity contribution in [2.75, 3.05) is 38.6 Å². The second-order valence-electron chi connectivity index (χ2n) is 7.27. The number of anilines is 1. The van der Waals surface area contributed by atoms with Gasteiger partial charge in [-0.15, -0.1) is 0 Å². The summed E-state index contributed by atoms with van der Waals surface area (Å²) in [6.07, 6.45) is 1.55. The molecule has 0 bridgehead atoms. The van der Waals surface area contributed by atoms with Crippen molar-refractivity contribution < 1.29 is 23.1 Å². The highest BCUT2D eigenvalue weighted by molar-refractivity contribution is 5.88. The number of nitrogen functional groups attached to an aromatic ring is 1. The number of benzene rings is 1. The summed E-state index contributed by atoms with van der Waals surface area (Å²) in [5.74, 6) is -2.40. The van der Waals surface area contributed by atoms with Crippen LogP contribution in [0.2, 0.25) is 0 Å². The third-order valence-electron chi connectivity index (χ3n) is 4.86. The molecule has 2 aromatic rings. The maximum absolute atomic E-state index is 13.6. The van der Waals surface area contributed by atoms with Gasteiger partial charge in [0.05, 0.1) is 19.8 Å². The number of rotatable bonds is 8. The van der Waals surface area contributed by atoms with Gasteiger partial charge in [-0.1, -0.05) is 12.1 Å². The zero-order chi connectivity index (χ0) is 22.2. The number of nitrogens with one attached hydrogen (secondary N) is 2. The number of hydrogen-bond acceptors (Lipinski definition) is 6. The van der Waals surface area contributed by atoms with E-state index < -0.39 is 23.6 Å². The largest absolute Gasteiger partial charge is 0.384 e. The molecule has 0 saturated carbocycles. The van der Waals surface area contributed by atoms with Gasteiger partial charge in [0.1, 0.15) is 11.9 Å². The van der Waals surface area contributed by atoms with E-state index >= 15 is 0 Å². The number of nitrogens with two attached hydrogens (primary N) is 1. The van der Waals surface area contributed by atoms with Crippen molar-refractivity contribution in [2.45, 2.75) is 19.0 Å². The molecule has 2 heterocycles. The second-order valence-corrected chi connectivity index (χ2v) is 7.27. The summed E-state index contributed by atoms with van der Waals surface area (Å²) < 4.78 is 32.1. The van der Waals surface area contributed by atoms with Crippen LogP contribution >= 0.6 is 0 Å². The molecule has 0 radical (unpaired) electrons. The Balaban J connectivity index is 1.65. The Hall–Kier alpha value is -3.11. The Kier molecular flexibility index (Phi) is 7.85. The van der Waals surface area contributed by atoms with Gasteiger partial charge in [-0.25, -0.2) is 13.8 Å². The first kappa shape index (κ1) is 22.6. The van der Waals surface area contributed by atoms with Crippen LogP contribution in [0.5, 0.6) is 0 Å². The number of halogens is 2. The van der Waals surface area contributed by atoms with Gasteiger partial charge in [0.2, 0.25) is 11.8 Å². The smallest absolute Gasteiger partial charge is 0.243 e. The zero-order valence-electron chi connectivity index (χ0n) is 16.9. The fourth-order valence-electron chi connectivity index (χ4n) is 3.17. The minimum atomic E-state index is -1.01. The molecule has 0 spiro atoms. The molecule has 31 heavy (non-hydrogen) atoms. The van der Waals surface area contributed by atoms with Crippen molar-refractivity contribution in [3.63, 3.8) is 0 Å². The minimum absolute atomic E-state index is 0.0118. The summed E-state index contributed by atoms with van der Waals surface area (Å²) >= 11 is 0. The Labute approximate surface area is 178 Å². The van der Waals surface area contributed by atoms with Crippen LogP contribution in [0.1, 0.15) is 11.1 Å². The predicted molar refractivity (Wildman–Crippen MR) is 110 cm³/mol. The quantitative estimate of drug-likeness (QED) is 0.563. The summed E-state index contributed by atoms with van der Waals surface area (Å²) in [5.41, 5.74) is 6.68. The molecule has 1 unspecified atom stereocenters. The average molecular weight is 433 g/mol. The van der Waals surface area contributed by atoms with Crippen molar-refractivity contribution in [3.05, 3.63) is 59.3 Å². The number of nitrogens with zero attached hydrogens (tertiary/aromatic N) is 2. The predicted octanol–water partition coefficient (Wildman–Crippen LogP) is 0.618. The van der Waals surface area contributed by atoms with Crippen molar-refractivity contribution in [1.82, 2.24) is 20.5 Å². The van der Waals surface area contributed by atoms with Gasteiger partial charge in [-0.05, 0) is 29.3 Å². The summed E-state index contributed by atoms with van der Waals surface area (Å²) in [6, 6.07) is 5.79.